The van der Waals surface area contributed by atoms with Crippen molar-refractivity contribution in [3.05, 3.63) is 34.1 Å². The second kappa shape index (κ2) is 4.72. The lowest BCUT2D eigenvalue weighted by molar-refractivity contribution is 0.182. The van der Waals surface area contributed by atoms with E-state index in [0.717, 1.165) is 22.9 Å². The van der Waals surface area contributed by atoms with Gasteiger partial charge < -0.3 is 10.3 Å². The number of nitrogens with zero attached hydrogens (tertiary/aromatic N) is 2. The minimum atomic E-state index is -0.0762. The summed E-state index contributed by atoms with van der Waals surface area (Å²) in [6.07, 6.45) is 3.27. The van der Waals surface area contributed by atoms with Crippen molar-refractivity contribution in [1.29, 1.82) is 0 Å². The Bertz CT molecular complexity index is 599. The van der Waals surface area contributed by atoms with Crippen LogP contribution < -0.4 is 5.73 Å². The SMILES string of the molecule is Cc1ccc(-c2noc(C3(CN)CCC3)n2)cc1Br. The van der Waals surface area contributed by atoms with Crippen molar-refractivity contribution in [2.45, 2.75) is 31.6 Å². The van der Waals surface area contributed by atoms with Gasteiger partial charge in [0.2, 0.25) is 11.7 Å². The van der Waals surface area contributed by atoms with E-state index in [-0.39, 0.29) is 5.41 Å². The number of rotatable bonds is 3. The van der Waals surface area contributed by atoms with E-state index in [1.807, 2.05) is 25.1 Å². The zero-order valence-corrected chi connectivity index (χ0v) is 12.4. The molecule has 3 rings (SSSR count). The molecule has 1 fully saturated rings. The van der Waals surface area contributed by atoms with Crippen LogP contribution in [-0.2, 0) is 5.41 Å². The predicted octanol–water partition coefficient (Wildman–Crippen LogP) is 3.19. The molecule has 4 nitrogen and oxygen atoms in total. The van der Waals surface area contributed by atoms with Crippen LogP contribution >= 0.6 is 15.9 Å². The summed E-state index contributed by atoms with van der Waals surface area (Å²) in [6.45, 7) is 2.62. The van der Waals surface area contributed by atoms with E-state index in [1.54, 1.807) is 0 Å². The van der Waals surface area contributed by atoms with Gasteiger partial charge in [-0.25, -0.2) is 0 Å². The lowest BCUT2D eigenvalue weighted by Crippen LogP contribution is -2.41. The Morgan fingerprint density at radius 3 is 2.79 bits per heavy atom. The van der Waals surface area contributed by atoms with Crippen LogP contribution in [0.2, 0.25) is 0 Å². The summed E-state index contributed by atoms with van der Waals surface area (Å²) in [5.74, 6) is 1.32. The van der Waals surface area contributed by atoms with E-state index in [9.17, 15) is 0 Å². The highest BCUT2D eigenvalue weighted by molar-refractivity contribution is 9.10. The monoisotopic (exact) mass is 321 g/mol. The normalized spacial score (nSPS) is 17.2. The third-order valence-electron chi connectivity index (χ3n) is 4.01. The van der Waals surface area contributed by atoms with E-state index in [1.165, 1.54) is 12.0 Å². The minimum absolute atomic E-state index is 0.0762. The Morgan fingerprint density at radius 2 is 2.21 bits per heavy atom. The van der Waals surface area contributed by atoms with Gasteiger partial charge in [0.05, 0.1) is 5.41 Å². The van der Waals surface area contributed by atoms with Crippen molar-refractivity contribution in [2.24, 2.45) is 5.73 Å². The molecule has 5 heteroatoms. The van der Waals surface area contributed by atoms with Crippen molar-refractivity contribution in [1.82, 2.24) is 10.1 Å². The van der Waals surface area contributed by atoms with E-state index >= 15 is 0 Å². The van der Waals surface area contributed by atoms with Crippen LogP contribution in [0.4, 0.5) is 0 Å². The van der Waals surface area contributed by atoms with E-state index < -0.39 is 0 Å². The summed E-state index contributed by atoms with van der Waals surface area (Å²) in [4.78, 5) is 4.54. The lowest BCUT2D eigenvalue weighted by atomic mass is 9.69. The lowest BCUT2D eigenvalue weighted by Gasteiger charge is -2.36. The molecule has 0 saturated heterocycles. The number of aryl methyl sites for hydroxylation is 1. The van der Waals surface area contributed by atoms with Gasteiger partial charge in [-0.3, -0.25) is 0 Å². The second-order valence-electron chi connectivity index (χ2n) is 5.23. The molecule has 2 aromatic rings. The number of halogens is 1. The average molecular weight is 322 g/mol. The van der Waals surface area contributed by atoms with Gasteiger partial charge in [0, 0.05) is 16.6 Å². The van der Waals surface area contributed by atoms with Crippen LogP contribution in [0.3, 0.4) is 0 Å². The molecule has 0 aliphatic heterocycles. The molecule has 2 N–H and O–H groups in total. The van der Waals surface area contributed by atoms with Gasteiger partial charge >= 0.3 is 0 Å². The van der Waals surface area contributed by atoms with Gasteiger partial charge in [-0.1, -0.05) is 39.6 Å². The molecule has 1 aromatic heterocycles. The standard InChI is InChI=1S/C14H16BrN3O/c1-9-3-4-10(7-11(9)15)12-17-13(19-18-12)14(8-16)5-2-6-14/h3-4,7H,2,5-6,8,16H2,1H3. The first-order valence-corrected chi connectivity index (χ1v) is 7.25. The van der Waals surface area contributed by atoms with Gasteiger partial charge in [0.1, 0.15) is 0 Å². The number of nitrogens with two attached hydrogens (primary N) is 1. The predicted molar refractivity (Wildman–Crippen MR) is 76.8 cm³/mol. The molecule has 0 amide bonds. The molecule has 0 bridgehead atoms. The fourth-order valence-corrected chi connectivity index (χ4v) is 2.78. The first kappa shape index (κ1) is 12.8. The Morgan fingerprint density at radius 1 is 1.42 bits per heavy atom. The van der Waals surface area contributed by atoms with Crippen molar-refractivity contribution in [3.8, 4) is 11.4 Å². The molecule has 0 spiro atoms. The number of aromatic nitrogens is 2. The highest BCUT2D eigenvalue weighted by Gasteiger charge is 2.42. The van der Waals surface area contributed by atoms with Crippen molar-refractivity contribution < 1.29 is 4.52 Å². The van der Waals surface area contributed by atoms with Gasteiger partial charge in [-0.15, -0.1) is 0 Å². The highest BCUT2D eigenvalue weighted by Crippen LogP contribution is 2.42. The second-order valence-corrected chi connectivity index (χ2v) is 6.08. The van der Waals surface area contributed by atoms with Gasteiger partial charge in [-0.05, 0) is 31.4 Å². The van der Waals surface area contributed by atoms with E-state index in [0.29, 0.717) is 18.3 Å². The maximum absolute atomic E-state index is 5.86. The Balaban J connectivity index is 1.94. The largest absolute Gasteiger partial charge is 0.338 e. The van der Waals surface area contributed by atoms with Crippen LogP contribution in [0.25, 0.3) is 11.4 Å². The molecule has 0 unspecified atom stereocenters. The maximum Gasteiger partial charge on any atom is 0.234 e. The molecule has 1 aromatic carbocycles. The van der Waals surface area contributed by atoms with Crippen molar-refractivity contribution in [3.63, 3.8) is 0 Å². The van der Waals surface area contributed by atoms with Crippen LogP contribution in [0.1, 0.15) is 30.7 Å². The molecule has 1 aliphatic rings. The minimum Gasteiger partial charge on any atom is -0.338 e. The number of benzene rings is 1. The summed E-state index contributed by atoms with van der Waals surface area (Å²) >= 11 is 3.52. The summed E-state index contributed by atoms with van der Waals surface area (Å²) in [5, 5.41) is 4.09. The Labute approximate surface area is 120 Å². The topological polar surface area (TPSA) is 64.9 Å². The first-order chi connectivity index (χ1) is 9.14. The molecule has 1 aliphatic carbocycles. The third-order valence-corrected chi connectivity index (χ3v) is 4.87. The molecule has 0 radical (unpaired) electrons. The number of hydrogen-bond acceptors (Lipinski definition) is 4. The molecule has 1 heterocycles. The fraction of sp³-hybridized carbons (Fsp3) is 0.429. The summed E-state index contributed by atoms with van der Waals surface area (Å²) < 4.78 is 6.48. The zero-order valence-electron chi connectivity index (χ0n) is 10.8. The van der Waals surface area contributed by atoms with E-state index in [2.05, 4.69) is 26.1 Å². The fourth-order valence-electron chi connectivity index (χ4n) is 2.40. The summed E-state index contributed by atoms with van der Waals surface area (Å²) in [7, 11) is 0. The Hall–Kier alpha value is -1.20. The quantitative estimate of drug-likeness (QED) is 0.942. The molecule has 19 heavy (non-hydrogen) atoms. The van der Waals surface area contributed by atoms with Crippen LogP contribution in [0.15, 0.2) is 27.2 Å². The maximum atomic E-state index is 5.86. The average Bonchev–Trinajstić information content (AvgIpc) is 2.82. The van der Waals surface area contributed by atoms with Gasteiger partial charge in [-0.2, -0.15) is 4.98 Å². The third kappa shape index (κ3) is 2.11. The van der Waals surface area contributed by atoms with Gasteiger partial charge in [0.25, 0.3) is 0 Å². The van der Waals surface area contributed by atoms with Crippen LogP contribution in [0, 0.1) is 6.92 Å². The smallest absolute Gasteiger partial charge is 0.234 e. The van der Waals surface area contributed by atoms with Crippen LogP contribution in [0.5, 0.6) is 0 Å². The van der Waals surface area contributed by atoms with E-state index in [4.69, 9.17) is 10.3 Å². The summed E-state index contributed by atoms with van der Waals surface area (Å²) in [5.41, 5.74) is 7.92. The molecule has 1 saturated carbocycles. The van der Waals surface area contributed by atoms with Crippen LogP contribution in [-0.4, -0.2) is 16.7 Å². The first-order valence-electron chi connectivity index (χ1n) is 6.45. The number of hydrogen-bond donors (Lipinski definition) is 1. The molecular weight excluding hydrogens is 306 g/mol. The molecular formula is C14H16BrN3O. The zero-order chi connectivity index (χ0) is 13.5. The highest BCUT2D eigenvalue weighted by atomic mass is 79.9. The van der Waals surface area contributed by atoms with Crippen molar-refractivity contribution in [2.75, 3.05) is 6.54 Å². The Kier molecular flexibility index (Phi) is 3.19. The van der Waals surface area contributed by atoms with Crippen molar-refractivity contribution >= 4 is 15.9 Å². The summed E-state index contributed by atoms with van der Waals surface area (Å²) in [6, 6.07) is 6.06. The molecule has 0 atom stereocenters. The molecule has 100 valence electrons. The van der Waals surface area contributed by atoms with Gasteiger partial charge in [0.15, 0.2) is 0 Å².